The van der Waals surface area contributed by atoms with E-state index in [0.29, 0.717) is 29.7 Å². The molecule has 1 aromatic rings. The molecule has 7 nitrogen and oxygen atoms in total. The first kappa shape index (κ1) is 21.5. The Balaban J connectivity index is 0.00000312. The zero-order valence-corrected chi connectivity index (χ0v) is 16.2. The van der Waals surface area contributed by atoms with E-state index in [4.69, 9.17) is 10.5 Å². The summed E-state index contributed by atoms with van der Waals surface area (Å²) < 4.78 is 5.18. The van der Waals surface area contributed by atoms with E-state index in [1.165, 1.54) is 24.9 Å². The molecule has 0 saturated carbocycles. The summed E-state index contributed by atoms with van der Waals surface area (Å²) in [7, 11) is 1.46. The van der Waals surface area contributed by atoms with Crippen molar-refractivity contribution in [3.8, 4) is 5.75 Å². The van der Waals surface area contributed by atoms with Crippen LogP contribution in [0, 0.1) is 16.0 Å². The molecule has 1 aromatic carbocycles. The van der Waals surface area contributed by atoms with Gasteiger partial charge in [0, 0.05) is 19.1 Å². The molecule has 1 aliphatic rings. The standard InChI is InChI=1S/C16H23N3O4S.ClH/c1-10(17)11-4-6-18(7-5-11)16(20)12-8-15(24-3)14(23-2)9-13(12)19(21)22;/h8-11H,4-7,17H2,1-3H3;1H. The van der Waals surface area contributed by atoms with Gasteiger partial charge in [-0.1, -0.05) is 0 Å². The highest BCUT2D eigenvalue weighted by molar-refractivity contribution is 7.98. The highest BCUT2D eigenvalue weighted by Crippen LogP contribution is 2.35. The minimum Gasteiger partial charge on any atom is -0.495 e. The number of hydrogen-bond donors (Lipinski definition) is 1. The lowest BCUT2D eigenvalue weighted by Gasteiger charge is -2.33. The number of piperidine rings is 1. The van der Waals surface area contributed by atoms with Crippen molar-refractivity contribution in [2.75, 3.05) is 26.5 Å². The van der Waals surface area contributed by atoms with Gasteiger partial charge >= 0.3 is 0 Å². The first-order chi connectivity index (χ1) is 11.4. The minimum absolute atomic E-state index is 0. The fourth-order valence-electron chi connectivity index (χ4n) is 2.99. The maximum atomic E-state index is 12.8. The minimum atomic E-state index is -0.533. The monoisotopic (exact) mass is 389 g/mol. The number of halogens is 1. The van der Waals surface area contributed by atoms with Crippen molar-refractivity contribution in [3.63, 3.8) is 0 Å². The Labute approximate surface area is 157 Å². The van der Waals surface area contributed by atoms with E-state index >= 15 is 0 Å². The van der Waals surface area contributed by atoms with Crippen LogP contribution < -0.4 is 10.5 Å². The normalized spacial score (nSPS) is 16.1. The van der Waals surface area contributed by atoms with Gasteiger partial charge in [-0.3, -0.25) is 14.9 Å². The summed E-state index contributed by atoms with van der Waals surface area (Å²) in [6, 6.07) is 2.98. The summed E-state index contributed by atoms with van der Waals surface area (Å²) >= 11 is 1.39. The number of benzene rings is 1. The lowest BCUT2D eigenvalue weighted by molar-refractivity contribution is -0.385. The Bertz CT molecular complexity index is 634. The predicted molar refractivity (Wildman–Crippen MR) is 101 cm³/mol. The number of carbonyl (C=O) groups excluding carboxylic acids is 1. The number of methoxy groups -OCH3 is 1. The largest absolute Gasteiger partial charge is 0.495 e. The highest BCUT2D eigenvalue weighted by atomic mass is 35.5. The number of nitro groups is 1. The van der Waals surface area contributed by atoms with E-state index in [2.05, 4.69) is 0 Å². The maximum absolute atomic E-state index is 12.8. The predicted octanol–water partition coefficient (Wildman–Crippen LogP) is 2.95. The topological polar surface area (TPSA) is 98.7 Å². The third kappa shape index (κ3) is 4.77. The van der Waals surface area contributed by atoms with Crippen LogP contribution in [0.4, 0.5) is 5.69 Å². The maximum Gasteiger partial charge on any atom is 0.285 e. The van der Waals surface area contributed by atoms with Crippen LogP contribution in [0.5, 0.6) is 5.75 Å². The first-order valence-corrected chi connectivity index (χ1v) is 9.06. The molecule has 0 radical (unpaired) electrons. The Morgan fingerprint density at radius 3 is 2.48 bits per heavy atom. The van der Waals surface area contributed by atoms with Crippen molar-refractivity contribution in [1.82, 2.24) is 4.90 Å². The molecular weight excluding hydrogens is 366 g/mol. The van der Waals surface area contributed by atoms with Gasteiger partial charge in [0.2, 0.25) is 0 Å². The fraction of sp³-hybridized carbons (Fsp3) is 0.562. The molecule has 1 atom stereocenters. The molecule has 2 rings (SSSR count). The van der Waals surface area contributed by atoms with Crippen molar-refractivity contribution in [2.45, 2.75) is 30.7 Å². The molecule has 25 heavy (non-hydrogen) atoms. The smallest absolute Gasteiger partial charge is 0.285 e. The summed E-state index contributed by atoms with van der Waals surface area (Å²) in [4.78, 5) is 26.0. The number of nitro benzene ring substituents is 1. The summed E-state index contributed by atoms with van der Waals surface area (Å²) in [5, 5.41) is 11.4. The number of carbonyl (C=O) groups is 1. The molecule has 1 saturated heterocycles. The number of thioether (sulfide) groups is 1. The third-order valence-corrected chi connectivity index (χ3v) is 5.26. The van der Waals surface area contributed by atoms with E-state index in [1.54, 1.807) is 11.0 Å². The molecule has 1 amide bonds. The number of nitrogens with zero attached hydrogens (tertiary/aromatic N) is 2. The van der Waals surface area contributed by atoms with Crippen molar-refractivity contribution in [1.29, 1.82) is 0 Å². The number of hydrogen-bond acceptors (Lipinski definition) is 6. The van der Waals surface area contributed by atoms with Gasteiger partial charge < -0.3 is 15.4 Å². The molecule has 0 spiro atoms. The number of ether oxygens (including phenoxy) is 1. The number of amides is 1. The van der Waals surface area contributed by atoms with Crippen LogP contribution in [0.15, 0.2) is 17.0 Å². The average molecular weight is 390 g/mol. The van der Waals surface area contributed by atoms with Gasteiger partial charge in [0.05, 0.1) is 23.0 Å². The fourth-order valence-corrected chi connectivity index (χ4v) is 3.57. The SMILES string of the molecule is COc1cc([N+](=O)[O-])c(C(=O)N2CCC(C(C)N)CC2)cc1SC.Cl. The Kier molecular flexibility index (Phi) is 7.98. The van der Waals surface area contributed by atoms with Crippen molar-refractivity contribution >= 4 is 35.8 Å². The molecule has 2 N–H and O–H groups in total. The summed E-state index contributed by atoms with van der Waals surface area (Å²) in [6.45, 7) is 3.12. The summed E-state index contributed by atoms with van der Waals surface area (Å²) in [5.74, 6) is 0.492. The summed E-state index contributed by atoms with van der Waals surface area (Å²) in [5.41, 5.74) is 5.82. The lowest BCUT2D eigenvalue weighted by atomic mass is 9.90. The number of nitrogens with two attached hydrogens (primary N) is 1. The van der Waals surface area contributed by atoms with Gasteiger partial charge in [0.25, 0.3) is 11.6 Å². The van der Waals surface area contributed by atoms with Crippen molar-refractivity contribution < 1.29 is 14.5 Å². The Morgan fingerprint density at radius 2 is 2.04 bits per heavy atom. The molecule has 1 aliphatic heterocycles. The second-order valence-electron chi connectivity index (χ2n) is 5.97. The number of likely N-dealkylation sites (tertiary alicyclic amines) is 1. The van der Waals surface area contributed by atoms with Gasteiger partial charge in [0.15, 0.2) is 0 Å². The van der Waals surface area contributed by atoms with E-state index in [-0.39, 0.29) is 35.6 Å². The zero-order valence-electron chi connectivity index (χ0n) is 14.6. The first-order valence-electron chi connectivity index (χ1n) is 7.84. The molecule has 140 valence electrons. The molecule has 1 unspecified atom stereocenters. The van der Waals surface area contributed by atoms with Gasteiger partial charge in [-0.05, 0) is 38.0 Å². The lowest BCUT2D eigenvalue weighted by Crippen LogP contribution is -2.42. The second kappa shape index (κ2) is 9.26. The molecule has 0 aromatic heterocycles. The van der Waals surface area contributed by atoms with E-state index < -0.39 is 4.92 Å². The molecular formula is C16H24ClN3O4S. The Morgan fingerprint density at radius 1 is 1.44 bits per heavy atom. The third-order valence-electron chi connectivity index (χ3n) is 4.50. The van der Waals surface area contributed by atoms with Crippen LogP contribution >= 0.6 is 24.2 Å². The van der Waals surface area contributed by atoms with E-state index in [0.717, 1.165) is 12.8 Å². The zero-order chi connectivity index (χ0) is 17.9. The van der Waals surface area contributed by atoms with Gasteiger partial charge in [-0.15, -0.1) is 24.2 Å². The van der Waals surface area contributed by atoms with E-state index in [9.17, 15) is 14.9 Å². The van der Waals surface area contributed by atoms with Crippen molar-refractivity contribution in [2.24, 2.45) is 11.7 Å². The molecule has 0 bridgehead atoms. The van der Waals surface area contributed by atoms with Gasteiger partial charge in [0.1, 0.15) is 11.3 Å². The molecule has 1 heterocycles. The van der Waals surface area contributed by atoms with Crippen molar-refractivity contribution in [3.05, 3.63) is 27.8 Å². The second-order valence-corrected chi connectivity index (χ2v) is 6.82. The Hall–Kier alpha value is -1.51. The highest BCUT2D eigenvalue weighted by Gasteiger charge is 2.30. The molecule has 9 heteroatoms. The quantitative estimate of drug-likeness (QED) is 0.472. The number of rotatable bonds is 5. The average Bonchev–Trinajstić information content (AvgIpc) is 2.59. The van der Waals surface area contributed by atoms with Gasteiger partial charge in [-0.2, -0.15) is 0 Å². The van der Waals surface area contributed by atoms with Crippen LogP contribution in [0.2, 0.25) is 0 Å². The summed E-state index contributed by atoms with van der Waals surface area (Å²) in [6.07, 6.45) is 3.48. The van der Waals surface area contributed by atoms with Crippen LogP contribution in [0.1, 0.15) is 30.1 Å². The van der Waals surface area contributed by atoms with Crippen LogP contribution in [0.25, 0.3) is 0 Å². The molecule has 0 aliphatic carbocycles. The van der Waals surface area contributed by atoms with Crippen LogP contribution in [0.3, 0.4) is 0 Å². The van der Waals surface area contributed by atoms with Gasteiger partial charge in [-0.25, -0.2) is 0 Å². The van der Waals surface area contributed by atoms with E-state index in [1.807, 2.05) is 13.2 Å². The molecule has 1 fully saturated rings. The van der Waals surface area contributed by atoms with Crippen LogP contribution in [-0.4, -0.2) is 48.2 Å². The van der Waals surface area contributed by atoms with Crippen LogP contribution in [-0.2, 0) is 0 Å².